The van der Waals surface area contributed by atoms with Crippen molar-refractivity contribution in [1.82, 2.24) is 9.13 Å². The Kier molecular flexibility index (Phi) is 2.83. The number of hydrogen-bond donors (Lipinski definition) is 1. The molecule has 0 saturated heterocycles. The summed E-state index contributed by atoms with van der Waals surface area (Å²) in [5, 5.41) is 0. The zero-order valence-electron chi connectivity index (χ0n) is 9.68. The molecule has 0 saturated carbocycles. The summed E-state index contributed by atoms with van der Waals surface area (Å²) in [4.78, 5) is 12.2. The van der Waals surface area contributed by atoms with E-state index in [9.17, 15) is 4.79 Å². The topological polar surface area (TPSA) is 53.0 Å². The third-order valence-corrected chi connectivity index (χ3v) is 2.74. The van der Waals surface area contributed by atoms with Gasteiger partial charge in [-0.2, -0.15) is 0 Å². The molecule has 0 atom stereocenters. The Balaban J connectivity index is 2.80. The third-order valence-electron chi connectivity index (χ3n) is 2.74. The Morgan fingerprint density at radius 3 is 2.44 bits per heavy atom. The lowest BCUT2D eigenvalue weighted by atomic mass is 10.3. The largest absolute Gasteiger partial charge is 0.329 e. The van der Waals surface area contributed by atoms with Crippen LogP contribution in [0.15, 0.2) is 29.1 Å². The predicted molar refractivity (Wildman–Crippen MR) is 65.6 cm³/mol. The molecule has 2 rings (SSSR count). The summed E-state index contributed by atoms with van der Waals surface area (Å²) in [5.74, 6) is 0. The van der Waals surface area contributed by atoms with Crippen LogP contribution >= 0.6 is 0 Å². The highest BCUT2D eigenvalue weighted by molar-refractivity contribution is 5.76. The van der Waals surface area contributed by atoms with Crippen LogP contribution in [0, 0.1) is 0 Å². The van der Waals surface area contributed by atoms with Crippen molar-refractivity contribution in [3.63, 3.8) is 0 Å². The van der Waals surface area contributed by atoms with E-state index in [2.05, 4.69) is 0 Å². The summed E-state index contributed by atoms with van der Waals surface area (Å²) in [6, 6.07) is 8.00. The van der Waals surface area contributed by atoms with Gasteiger partial charge in [-0.05, 0) is 26.0 Å². The van der Waals surface area contributed by atoms with E-state index in [0.717, 1.165) is 11.0 Å². The second-order valence-corrected chi connectivity index (χ2v) is 4.18. The van der Waals surface area contributed by atoms with E-state index in [-0.39, 0.29) is 11.7 Å². The zero-order valence-corrected chi connectivity index (χ0v) is 9.68. The minimum Gasteiger partial charge on any atom is -0.329 e. The second kappa shape index (κ2) is 4.14. The van der Waals surface area contributed by atoms with Crippen molar-refractivity contribution in [2.45, 2.75) is 26.4 Å². The molecule has 16 heavy (non-hydrogen) atoms. The Bertz CT molecular complexity index is 551. The standard InChI is InChI=1S/C12H17N3O/c1-9(2)15-11-6-4-3-5-10(11)14(8-7-13)12(15)16/h3-6,9H,7-8,13H2,1-2H3. The van der Waals surface area contributed by atoms with Crippen molar-refractivity contribution in [2.24, 2.45) is 5.73 Å². The monoisotopic (exact) mass is 219 g/mol. The SMILES string of the molecule is CC(C)n1c(=O)n(CCN)c2ccccc21. The molecule has 1 aromatic carbocycles. The molecule has 0 fully saturated rings. The van der Waals surface area contributed by atoms with Crippen LogP contribution in [0.2, 0.25) is 0 Å². The molecule has 0 amide bonds. The lowest BCUT2D eigenvalue weighted by Gasteiger charge is -2.05. The van der Waals surface area contributed by atoms with E-state index in [1.54, 1.807) is 4.57 Å². The minimum atomic E-state index is 0.0293. The van der Waals surface area contributed by atoms with Gasteiger partial charge >= 0.3 is 5.69 Å². The lowest BCUT2D eigenvalue weighted by molar-refractivity contribution is 0.566. The maximum atomic E-state index is 12.2. The molecule has 0 spiro atoms. The van der Waals surface area contributed by atoms with E-state index >= 15 is 0 Å². The molecule has 86 valence electrons. The fourth-order valence-electron chi connectivity index (χ4n) is 2.08. The van der Waals surface area contributed by atoms with E-state index in [0.29, 0.717) is 13.1 Å². The molecule has 0 bridgehead atoms. The summed E-state index contributed by atoms with van der Waals surface area (Å²) >= 11 is 0. The normalized spacial score (nSPS) is 11.5. The van der Waals surface area contributed by atoms with Crippen molar-refractivity contribution in [1.29, 1.82) is 0 Å². The van der Waals surface area contributed by atoms with Crippen molar-refractivity contribution in [3.05, 3.63) is 34.7 Å². The van der Waals surface area contributed by atoms with Crippen LogP contribution in [0.5, 0.6) is 0 Å². The Morgan fingerprint density at radius 2 is 1.88 bits per heavy atom. The number of rotatable bonds is 3. The molecule has 0 radical (unpaired) electrons. The highest BCUT2D eigenvalue weighted by atomic mass is 16.1. The van der Waals surface area contributed by atoms with Crippen LogP contribution in [0.1, 0.15) is 19.9 Å². The van der Waals surface area contributed by atoms with Gasteiger partial charge < -0.3 is 5.73 Å². The molecule has 0 aliphatic rings. The number of aromatic nitrogens is 2. The van der Waals surface area contributed by atoms with Crippen molar-refractivity contribution >= 4 is 11.0 Å². The lowest BCUT2D eigenvalue weighted by Crippen LogP contribution is -2.27. The maximum absolute atomic E-state index is 12.2. The first-order chi connectivity index (χ1) is 7.66. The van der Waals surface area contributed by atoms with Crippen molar-refractivity contribution in [2.75, 3.05) is 6.54 Å². The number of fused-ring (bicyclic) bond motifs is 1. The van der Waals surface area contributed by atoms with Gasteiger partial charge in [0.2, 0.25) is 0 Å². The first-order valence-corrected chi connectivity index (χ1v) is 5.56. The zero-order chi connectivity index (χ0) is 11.7. The molecule has 0 aliphatic carbocycles. The van der Waals surface area contributed by atoms with Gasteiger partial charge in [0.1, 0.15) is 0 Å². The molecule has 1 heterocycles. The third kappa shape index (κ3) is 1.55. The van der Waals surface area contributed by atoms with Crippen molar-refractivity contribution < 1.29 is 0 Å². The summed E-state index contributed by atoms with van der Waals surface area (Å²) in [6.07, 6.45) is 0. The molecule has 2 N–H and O–H groups in total. The van der Waals surface area contributed by atoms with Crippen LogP contribution in [0.4, 0.5) is 0 Å². The molecule has 2 aromatic rings. The smallest absolute Gasteiger partial charge is 0.329 e. The quantitative estimate of drug-likeness (QED) is 0.847. The van der Waals surface area contributed by atoms with Crippen LogP contribution in [-0.4, -0.2) is 15.7 Å². The first-order valence-electron chi connectivity index (χ1n) is 5.56. The predicted octanol–water partition coefficient (Wildman–Crippen LogP) is 1.34. The maximum Gasteiger partial charge on any atom is 0.329 e. The van der Waals surface area contributed by atoms with Crippen LogP contribution in [0.3, 0.4) is 0 Å². The number of nitrogens with two attached hydrogens (primary N) is 1. The summed E-state index contributed by atoms with van der Waals surface area (Å²) in [5.41, 5.74) is 7.51. The van der Waals surface area contributed by atoms with Crippen molar-refractivity contribution in [3.8, 4) is 0 Å². The Hall–Kier alpha value is -1.55. The van der Waals surface area contributed by atoms with E-state index in [4.69, 9.17) is 5.73 Å². The summed E-state index contributed by atoms with van der Waals surface area (Å²) < 4.78 is 3.56. The molecule has 1 aromatic heterocycles. The van der Waals surface area contributed by atoms with Gasteiger partial charge in [-0.15, -0.1) is 0 Å². The summed E-state index contributed by atoms with van der Waals surface area (Å²) in [7, 11) is 0. The van der Waals surface area contributed by atoms with Gasteiger partial charge in [0.15, 0.2) is 0 Å². The Morgan fingerprint density at radius 1 is 1.25 bits per heavy atom. The van der Waals surface area contributed by atoms with Crippen LogP contribution in [0.25, 0.3) is 11.0 Å². The average molecular weight is 219 g/mol. The summed E-state index contributed by atoms with van der Waals surface area (Å²) in [6.45, 7) is 5.08. The second-order valence-electron chi connectivity index (χ2n) is 4.18. The van der Waals surface area contributed by atoms with E-state index in [1.165, 1.54) is 0 Å². The van der Waals surface area contributed by atoms with Gasteiger partial charge in [-0.25, -0.2) is 4.79 Å². The van der Waals surface area contributed by atoms with E-state index in [1.807, 2.05) is 42.7 Å². The number of benzene rings is 1. The Labute approximate surface area is 94.3 Å². The fourth-order valence-corrected chi connectivity index (χ4v) is 2.08. The fraction of sp³-hybridized carbons (Fsp3) is 0.417. The molecular weight excluding hydrogens is 202 g/mol. The van der Waals surface area contributed by atoms with Gasteiger partial charge in [0.25, 0.3) is 0 Å². The number of nitrogens with zero attached hydrogens (tertiary/aromatic N) is 2. The first kappa shape index (κ1) is 11.0. The number of hydrogen-bond acceptors (Lipinski definition) is 2. The van der Waals surface area contributed by atoms with Crippen LogP contribution < -0.4 is 11.4 Å². The molecule has 4 heteroatoms. The average Bonchev–Trinajstić information content (AvgIpc) is 2.53. The van der Waals surface area contributed by atoms with Crippen LogP contribution in [-0.2, 0) is 6.54 Å². The minimum absolute atomic E-state index is 0.0293. The molecule has 0 aliphatic heterocycles. The number of para-hydroxylation sites is 2. The van der Waals surface area contributed by atoms with Gasteiger partial charge in [0.05, 0.1) is 11.0 Å². The molecule has 4 nitrogen and oxygen atoms in total. The van der Waals surface area contributed by atoms with Gasteiger partial charge in [-0.3, -0.25) is 9.13 Å². The highest BCUT2D eigenvalue weighted by Gasteiger charge is 2.13. The van der Waals surface area contributed by atoms with Gasteiger partial charge in [-0.1, -0.05) is 12.1 Å². The molecular formula is C12H17N3O. The highest BCUT2D eigenvalue weighted by Crippen LogP contribution is 2.16. The van der Waals surface area contributed by atoms with Gasteiger partial charge in [0, 0.05) is 19.1 Å². The number of imidazole rings is 1. The molecule has 0 unspecified atom stereocenters. The van der Waals surface area contributed by atoms with E-state index < -0.39 is 0 Å².